The van der Waals surface area contributed by atoms with Crippen molar-refractivity contribution in [2.45, 2.75) is 399 Å². The van der Waals surface area contributed by atoms with Gasteiger partial charge in [0.1, 0.15) is 19.3 Å². The molecule has 0 saturated heterocycles. The number of hydrogen-bond acceptors (Lipinski definition) is 15. The van der Waals surface area contributed by atoms with Crippen LogP contribution in [0.25, 0.3) is 0 Å². The van der Waals surface area contributed by atoms with Gasteiger partial charge in [-0.1, -0.05) is 328 Å². The van der Waals surface area contributed by atoms with E-state index in [0.717, 1.165) is 122 Å². The predicted molar refractivity (Wildman–Crippen MR) is 386 cm³/mol. The second-order valence-electron chi connectivity index (χ2n) is 26.7. The molecule has 5 atom stereocenters. The summed E-state index contributed by atoms with van der Waals surface area (Å²) in [5.74, 6) is -2.15. The van der Waals surface area contributed by atoms with Gasteiger partial charge in [-0.2, -0.15) is 0 Å². The highest BCUT2D eigenvalue weighted by Crippen LogP contribution is 2.45. The fourth-order valence-corrected chi connectivity index (χ4v) is 12.8. The number of carbonyl (C=O) groups excluding carboxylic acids is 4. The molecule has 0 radical (unpaired) electrons. The molecule has 0 rings (SSSR count). The molecule has 95 heavy (non-hydrogen) atoms. The van der Waals surface area contributed by atoms with Crippen molar-refractivity contribution in [1.82, 2.24) is 0 Å². The fourth-order valence-electron chi connectivity index (χ4n) is 11.2. The van der Waals surface area contributed by atoms with E-state index in [9.17, 15) is 43.2 Å². The number of hydrogen-bond donors (Lipinski definition) is 3. The van der Waals surface area contributed by atoms with Crippen LogP contribution in [0.3, 0.4) is 0 Å². The maximum absolute atomic E-state index is 13.1. The summed E-state index contributed by atoms with van der Waals surface area (Å²) in [4.78, 5) is 72.6. The van der Waals surface area contributed by atoms with E-state index in [1.54, 1.807) is 0 Å². The van der Waals surface area contributed by atoms with Crippen molar-refractivity contribution in [3.8, 4) is 0 Å². The highest BCUT2D eigenvalue weighted by molar-refractivity contribution is 7.47. The molecule has 0 bridgehead atoms. The second-order valence-corrected chi connectivity index (χ2v) is 29.6. The first-order chi connectivity index (χ1) is 46.2. The zero-order chi connectivity index (χ0) is 69.7. The Hall–Kier alpha value is -2.46. The first kappa shape index (κ1) is 92.5. The average Bonchev–Trinajstić information content (AvgIpc) is 3.13. The lowest BCUT2D eigenvalue weighted by atomic mass is 10.0. The molecule has 0 fully saturated rings. The molecule has 0 aliphatic heterocycles. The quantitative estimate of drug-likeness (QED) is 0.0169. The van der Waals surface area contributed by atoms with Gasteiger partial charge in [0.15, 0.2) is 12.2 Å². The van der Waals surface area contributed by atoms with Crippen LogP contribution >= 0.6 is 15.6 Å². The van der Waals surface area contributed by atoms with E-state index in [2.05, 4.69) is 52.0 Å². The molecular formula is C76H144O17P2. The van der Waals surface area contributed by atoms with Gasteiger partial charge in [-0.3, -0.25) is 37.3 Å². The molecule has 560 valence electrons. The smallest absolute Gasteiger partial charge is 0.462 e. The SMILES string of the molecule is CCCCCC/C=C\C=C/CCCCCCCC(=O)OC[C@H](COP(=O)(O)OC[C@@H](O)COP(=O)(O)OC[C@@H](COC(=O)CCCCCCCCC)OC(=O)CCCCCCCCCCCCCCC)OC(=O)CCCCCCCCCCCCCCCCCCCCCC. The van der Waals surface area contributed by atoms with Crippen LogP contribution in [0.4, 0.5) is 0 Å². The van der Waals surface area contributed by atoms with Crippen molar-refractivity contribution in [1.29, 1.82) is 0 Å². The van der Waals surface area contributed by atoms with Crippen LogP contribution in [-0.2, 0) is 65.4 Å². The molecule has 0 heterocycles. The second kappa shape index (κ2) is 70.0. The molecule has 3 N–H and O–H groups in total. The van der Waals surface area contributed by atoms with Gasteiger partial charge >= 0.3 is 39.5 Å². The van der Waals surface area contributed by atoms with Crippen LogP contribution in [-0.4, -0.2) is 96.7 Å². The molecule has 0 spiro atoms. The van der Waals surface area contributed by atoms with Gasteiger partial charge in [-0.15, -0.1) is 0 Å². The number of carbonyl (C=O) groups is 4. The molecule has 2 unspecified atom stereocenters. The van der Waals surface area contributed by atoms with Gasteiger partial charge < -0.3 is 33.8 Å². The monoisotopic (exact) mass is 1390 g/mol. The summed E-state index contributed by atoms with van der Waals surface area (Å²) in [5, 5.41) is 10.6. The van der Waals surface area contributed by atoms with Gasteiger partial charge in [0, 0.05) is 25.7 Å². The first-order valence-corrected chi connectivity index (χ1v) is 42.1. The van der Waals surface area contributed by atoms with Crippen LogP contribution in [0.15, 0.2) is 24.3 Å². The Morgan fingerprint density at radius 1 is 0.295 bits per heavy atom. The third-order valence-electron chi connectivity index (χ3n) is 17.2. The molecule has 0 aromatic heterocycles. The van der Waals surface area contributed by atoms with Crippen LogP contribution in [0.2, 0.25) is 0 Å². The molecule has 17 nitrogen and oxygen atoms in total. The highest BCUT2D eigenvalue weighted by atomic mass is 31.2. The highest BCUT2D eigenvalue weighted by Gasteiger charge is 2.30. The lowest BCUT2D eigenvalue weighted by molar-refractivity contribution is -0.161. The Morgan fingerprint density at radius 3 is 0.768 bits per heavy atom. The van der Waals surface area contributed by atoms with E-state index in [-0.39, 0.29) is 25.7 Å². The summed E-state index contributed by atoms with van der Waals surface area (Å²) in [6.07, 6.45) is 63.4. The fraction of sp³-hybridized carbons (Fsp3) is 0.895. The molecule has 0 saturated carbocycles. The molecule has 0 amide bonds. The lowest BCUT2D eigenvalue weighted by Crippen LogP contribution is -2.30. The van der Waals surface area contributed by atoms with Gasteiger partial charge in [0.25, 0.3) is 0 Å². The normalized spacial score (nSPS) is 14.1. The number of phosphoric acid groups is 2. The maximum atomic E-state index is 13.1. The molecule has 0 aromatic rings. The summed E-state index contributed by atoms with van der Waals surface area (Å²) >= 11 is 0. The number of allylic oxidation sites excluding steroid dienone is 4. The third-order valence-corrected chi connectivity index (χ3v) is 19.1. The van der Waals surface area contributed by atoms with Gasteiger partial charge in [0.2, 0.25) is 0 Å². The number of esters is 4. The van der Waals surface area contributed by atoms with Crippen molar-refractivity contribution in [2.24, 2.45) is 0 Å². The van der Waals surface area contributed by atoms with Crippen molar-refractivity contribution in [3.05, 3.63) is 24.3 Å². The first-order valence-electron chi connectivity index (χ1n) is 39.1. The largest absolute Gasteiger partial charge is 0.472 e. The summed E-state index contributed by atoms with van der Waals surface area (Å²) < 4.78 is 68.4. The minimum atomic E-state index is -4.96. The molecule has 0 aliphatic rings. The Bertz CT molecular complexity index is 1900. The van der Waals surface area contributed by atoms with Crippen molar-refractivity contribution < 1.29 is 80.2 Å². The average molecular weight is 1390 g/mol. The molecular weight excluding hydrogens is 1250 g/mol. The molecule has 0 aromatic carbocycles. The third kappa shape index (κ3) is 69.8. The van der Waals surface area contributed by atoms with Crippen molar-refractivity contribution in [3.63, 3.8) is 0 Å². The molecule has 0 aliphatic carbocycles. The number of unbranched alkanes of at least 4 members (excludes halogenated alkanes) is 46. The van der Waals surface area contributed by atoms with Crippen LogP contribution < -0.4 is 0 Å². The Balaban J connectivity index is 5.21. The van der Waals surface area contributed by atoms with Gasteiger partial charge in [0.05, 0.1) is 26.4 Å². The standard InChI is InChI=1S/C76H144O17P2/c1-5-9-13-17-21-24-27-30-32-33-34-35-36-38-41-44-47-51-55-59-63-76(81)93-72(67-87-74(79)61-57-53-49-45-42-40-37-31-28-25-22-18-14-10-6-2)69-91-95(84,85)89-65-70(77)64-88-94(82,83)90-68-71(66-86-73(78)60-56-52-48-20-16-12-8-4)92-75(80)62-58-54-50-46-43-39-29-26-23-19-15-11-7-3/h25,28,31,37,70-72,77H,5-24,26-27,29-30,32-36,38-69H2,1-4H3,(H,82,83)(H,84,85)/b28-25-,37-31-/t70-,71+,72+/m0/s1. The Labute approximate surface area is 580 Å². The van der Waals surface area contributed by atoms with E-state index in [1.807, 2.05) is 0 Å². The predicted octanol–water partition coefficient (Wildman–Crippen LogP) is 22.2. The summed E-state index contributed by atoms with van der Waals surface area (Å²) in [6, 6.07) is 0. The molecule has 19 heteroatoms. The van der Waals surface area contributed by atoms with E-state index in [1.165, 1.54) is 180 Å². The van der Waals surface area contributed by atoms with E-state index in [4.69, 9.17) is 37.0 Å². The summed E-state index contributed by atoms with van der Waals surface area (Å²) in [6.45, 7) is 4.88. The number of phosphoric ester groups is 2. The summed E-state index contributed by atoms with van der Waals surface area (Å²) in [5.41, 5.74) is 0. The minimum Gasteiger partial charge on any atom is -0.462 e. The maximum Gasteiger partial charge on any atom is 0.472 e. The number of aliphatic hydroxyl groups is 1. The number of rotatable bonds is 75. The Kier molecular flexibility index (Phi) is 68.2. The lowest BCUT2D eigenvalue weighted by Gasteiger charge is -2.21. The number of aliphatic hydroxyl groups excluding tert-OH is 1. The van der Waals surface area contributed by atoms with Crippen molar-refractivity contribution >= 4 is 39.5 Å². The van der Waals surface area contributed by atoms with Crippen molar-refractivity contribution in [2.75, 3.05) is 39.6 Å². The van der Waals surface area contributed by atoms with Gasteiger partial charge in [-0.25, -0.2) is 9.13 Å². The minimum absolute atomic E-state index is 0.102. The van der Waals surface area contributed by atoms with E-state index >= 15 is 0 Å². The van der Waals surface area contributed by atoms with Crippen LogP contribution in [0.5, 0.6) is 0 Å². The van der Waals surface area contributed by atoms with E-state index < -0.39 is 97.5 Å². The van der Waals surface area contributed by atoms with E-state index in [0.29, 0.717) is 25.7 Å². The number of ether oxygens (including phenoxy) is 4. The van der Waals surface area contributed by atoms with Crippen LogP contribution in [0, 0.1) is 0 Å². The zero-order valence-corrected chi connectivity index (χ0v) is 62.9. The topological polar surface area (TPSA) is 237 Å². The summed E-state index contributed by atoms with van der Waals surface area (Å²) in [7, 11) is -9.91. The zero-order valence-electron chi connectivity index (χ0n) is 61.1. The Morgan fingerprint density at radius 2 is 0.505 bits per heavy atom. The van der Waals surface area contributed by atoms with Gasteiger partial charge in [-0.05, 0) is 51.4 Å². The van der Waals surface area contributed by atoms with Crippen LogP contribution in [0.1, 0.15) is 381 Å².